The number of amides is 1. The summed E-state index contributed by atoms with van der Waals surface area (Å²) >= 11 is 2.92. The molecule has 4 rings (SSSR count). The number of aromatic nitrogens is 3. The monoisotopic (exact) mass is 438 g/mol. The lowest BCUT2D eigenvalue weighted by Gasteiger charge is -2.06. The summed E-state index contributed by atoms with van der Waals surface area (Å²) in [5, 5.41) is 6.00. The third-order valence-electron chi connectivity index (χ3n) is 5.16. The van der Waals surface area contributed by atoms with Gasteiger partial charge in [-0.15, -0.1) is 22.7 Å². The van der Waals surface area contributed by atoms with Crippen molar-refractivity contribution < 1.29 is 4.79 Å². The lowest BCUT2D eigenvalue weighted by molar-refractivity contribution is -0.116. The fourth-order valence-electron chi connectivity index (χ4n) is 3.30. The number of thiazole rings is 1. The van der Waals surface area contributed by atoms with Crippen LogP contribution in [-0.4, -0.2) is 20.4 Å². The summed E-state index contributed by atoms with van der Waals surface area (Å²) in [6, 6.07) is 6.24. The molecule has 4 aromatic rings. The van der Waals surface area contributed by atoms with E-state index in [-0.39, 0.29) is 24.4 Å². The highest BCUT2D eigenvalue weighted by atomic mass is 32.1. The van der Waals surface area contributed by atoms with Gasteiger partial charge in [0.15, 0.2) is 5.13 Å². The Morgan fingerprint density at radius 2 is 2.00 bits per heavy atom. The van der Waals surface area contributed by atoms with Gasteiger partial charge >= 0.3 is 0 Å². The molecule has 0 saturated carbocycles. The van der Waals surface area contributed by atoms with Crippen LogP contribution < -0.4 is 10.9 Å². The molecule has 0 aliphatic heterocycles. The maximum atomic E-state index is 12.7. The number of benzene rings is 1. The van der Waals surface area contributed by atoms with Crippen molar-refractivity contribution in [3.05, 3.63) is 61.8 Å². The van der Waals surface area contributed by atoms with Crippen LogP contribution in [0, 0.1) is 27.7 Å². The number of nitrogens with one attached hydrogen (secondary N) is 1. The predicted molar refractivity (Wildman–Crippen MR) is 124 cm³/mol. The quantitative estimate of drug-likeness (QED) is 0.483. The van der Waals surface area contributed by atoms with Gasteiger partial charge in [0.1, 0.15) is 4.83 Å². The Kier molecular flexibility index (Phi) is 5.53. The van der Waals surface area contributed by atoms with E-state index in [1.807, 2.05) is 33.1 Å². The second-order valence-corrected chi connectivity index (χ2v) is 9.42. The predicted octanol–water partition coefficient (Wildman–Crippen LogP) is 4.84. The van der Waals surface area contributed by atoms with E-state index in [2.05, 4.69) is 33.5 Å². The number of nitrogens with zero attached hydrogens (tertiary/aromatic N) is 3. The minimum absolute atomic E-state index is 0.0962. The zero-order chi connectivity index (χ0) is 21.4. The smallest absolute Gasteiger partial charge is 0.262 e. The minimum Gasteiger partial charge on any atom is -0.302 e. The highest BCUT2D eigenvalue weighted by molar-refractivity contribution is 7.18. The fraction of sp³-hybridized carbons (Fsp3) is 0.273. The molecular weight excluding hydrogens is 416 g/mol. The molecule has 8 heteroatoms. The van der Waals surface area contributed by atoms with E-state index in [0.29, 0.717) is 10.5 Å². The van der Waals surface area contributed by atoms with Crippen LogP contribution in [0.5, 0.6) is 0 Å². The summed E-state index contributed by atoms with van der Waals surface area (Å²) in [7, 11) is 0. The third-order valence-corrected chi connectivity index (χ3v) is 7.03. The van der Waals surface area contributed by atoms with E-state index in [1.54, 1.807) is 0 Å². The number of anilines is 1. The van der Waals surface area contributed by atoms with Crippen LogP contribution in [0.3, 0.4) is 0 Å². The van der Waals surface area contributed by atoms with E-state index in [0.717, 1.165) is 32.1 Å². The first-order chi connectivity index (χ1) is 14.3. The standard InChI is InChI=1S/C22H22N4O2S2/c1-12-5-6-13(2)16(9-12)17-10-29-22(24-17)25-18(27)7-8-26-11-23-20-19(21(26)28)14(3)15(4)30-20/h5-6,9-11H,7-8H2,1-4H3,(H,24,25,27). The molecule has 1 aromatic carbocycles. The van der Waals surface area contributed by atoms with Crippen molar-refractivity contribution in [1.82, 2.24) is 14.5 Å². The van der Waals surface area contributed by atoms with Gasteiger partial charge in [-0.1, -0.05) is 17.7 Å². The van der Waals surface area contributed by atoms with Crippen molar-refractivity contribution in [1.29, 1.82) is 0 Å². The van der Waals surface area contributed by atoms with Crippen molar-refractivity contribution in [2.24, 2.45) is 0 Å². The van der Waals surface area contributed by atoms with Crippen molar-refractivity contribution in [2.75, 3.05) is 5.32 Å². The van der Waals surface area contributed by atoms with E-state index >= 15 is 0 Å². The van der Waals surface area contributed by atoms with Gasteiger partial charge in [0.2, 0.25) is 5.91 Å². The summed E-state index contributed by atoms with van der Waals surface area (Å²) in [6.07, 6.45) is 1.70. The fourth-order valence-corrected chi connectivity index (χ4v) is 5.01. The number of carbonyl (C=O) groups is 1. The van der Waals surface area contributed by atoms with Crippen molar-refractivity contribution in [3.63, 3.8) is 0 Å². The third kappa shape index (κ3) is 3.93. The first kappa shape index (κ1) is 20.4. The zero-order valence-corrected chi connectivity index (χ0v) is 18.9. The molecule has 3 aromatic heterocycles. The molecule has 0 fully saturated rings. The summed E-state index contributed by atoms with van der Waals surface area (Å²) in [5.41, 5.74) is 5.10. The summed E-state index contributed by atoms with van der Waals surface area (Å²) in [6.45, 7) is 8.29. The number of rotatable bonds is 5. The number of hydrogen-bond donors (Lipinski definition) is 1. The molecule has 0 bridgehead atoms. The number of thiophene rings is 1. The van der Waals surface area contributed by atoms with Gasteiger partial charge in [0.25, 0.3) is 5.56 Å². The number of carbonyl (C=O) groups excluding carboxylic acids is 1. The van der Waals surface area contributed by atoms with Crippen LogP contribution in [0.2, 0.25) is 0 Å². The van der Waals surface area contributed by atoms with Crippen LogP contribution in [0.15, 0.2) is 34.7 Å². The average molecular weight is 439 g/mol. The van der Waals surface area contributed by atoms with Crippen LogP contribution >= 0.6 is 22.7 Å². The Morgan fingerprint density at radius 1 is 1.20 bits per heavy atom. The van der Waals surface area contributed by atoms with Crippen LogP contribution in [0.4, 0.5) is 5.13 Å². The second-order valence-electron chi connectivity index (χ2n) is 7.36. The SMILES string of the molecule is Cc1ccc(C)c(-c2csc(NC(=O)CCn3cnc4sc(C)c(C)c4c3=O)n2)c1. The molecule has 0 aliphatic carbocycles. The second kappa shape index (κ2) is 8.12. The van der Waals surface area contributed by atoms with Gasteiger partial charge in [-0.2, -0.15) is 0 Å². The van der Waals surface area contributed by atoms with Crippen molar-refractivity contribution in [2.45, 2.75) is 40.7 Å². The van der Waals surface area contributed by atoms with E-state index in [1.165, 1.54) is 39.1 Å². The Bertz CT molecular complexity index is 1320. The summed E-state index contributed by atoms with van der Waals surface area (Å²) in [5.74, 6) is -0.179. The Morgan fingerprint density at radius 3 is 2.80 bits per heavy atom. The van der Waals surface area contributed by atoms with Gasteiger partial charge in [-0.05, 0) is 44.9 Å². The molecule has 0 unspecified atom stereocenters. The first-order valence-corrected chi connectivity index (χ1v) is 11.3. The lowest BCUT2D eigenvalue weighted by atomic mass is 10.0. The summed E-state index contributed by atoms with van der Waals surface area (Å²) < 4.78 is 1.50. The Balaban J connectivity index is 1.45. The maximum absolute atomic E-state index is 12.7. The Hall–Kier alpha value is -2.84. The first-order valence-electron chi connectivity index (χ1n) is 9.61. The maximum Gasteiger partial charge on any atom is 0.262 e. The highest BCUT2D eigenvalue weighted by Crippen LogP contribution is 2.28. The molecule has 1 N–H and O–H groups in total. The summed E-state index contributed by atoms with van der Waals surface area (Å²) in [4.78, 5) is 35.9. The van der Waals surface area contributed by atoms with Crippen LogP contribution in [0.1, 0.15) is 28.0 Å². The largest absolute Gasteiger partial charge is 0.302 e. The number of hydrogen-bond acceptors (Lipinski definition) is 6. The molecule has 6 nitrogen and oxygen atoms in total. The molecule has 1 amide bonds. The molecule has 0 aliphatic rings. The van der Waals surface area contributed by atoms with Gasteiger partial charge in [0, 0.05) is 28.8 Å². The molecule has 30 heavy (non-hydrogen) atoms. The number of fused-ring (bicyclic) bond motifs is 1. The molecule has 3 heterocycles. The lowest BCUT2D eigenvalue weighted by Crippen LogP contribution is -2.23. The van der Waals surface area contributed by atoms with E-state index in [9.17, 15) is 9.59 Å². The van der Waals surface area contributed by atoms with E-state index in [4.69, 9.17) is 0 Å². The number of aryl methyl sites for hydroxylation is 5. The molecule has 0 atom stereocenters. The molecule has 0 saturated heterocycles. The van der Waals surface area contributed by atoms with Crippen molar-refractivity contribution >= 4 is 43.9 Å². The topological polar surface area (TPSA) is 76.9 Å². The highest BCUT2D eigenvalue weighted by Gasteiger charge is 2.14. The Labute approximate surface area is 182 Å². The van der Waals surface area contributed by atoms with Gasteiger partial charge < -0.3 is 5.32 Å². The minimum atomic E-state index is -0.179. The van der Waals surface area contributed by atoms with Crippen LogP contribution in [-0.2, 0) is 11.3 Å². The average Bonchev–Trinajstić information content (AvgIpc) is 3.28. The van der Waals surface area contributed by atoms with Crippen LogP contribution in [0.25, 0.3) is 21.5 Å². The molecular formula is C22H22N4O2S2. The van der Waals surface area contributed by atoms with Gasteiger partial charge in [0.05, 0.1) is 17.4 Å². The van der Waals surface area contributed by atoms with Crippen molar-refractivity contribution in [3.8, 4) is 11.3 Å². The van der Waals surface area contributed by atoms with Gasteiger partial charge in [-0.25, -0.2) is 9.97 Å². The van der Waals surface area contributed by atoms with Gasteiger partial charge in [-0.3, -0.25) is 14.2 Å². The zero-order valence-electron chi connectivity index (χ0n) is 17.3. The van der Waals surface area contributed by atoms with E-state index < -0.39 is 0 Å². The molecule has 0 radical (unpaired) electrons. The normalized spacial score (nSPS) is 11.2. The molecule has 0 spiro atoms. The molecule has 154 valence electrons.